The van der Waals surface area contributed by atoms with E-state index in [-0.39, 0.29) is 5.91 Å². The summed E-state index contributed by atoms with van der Waals surface area (Å²) in [5, 5.41) is 2.93. The van der Waals surface area contributed by atoms with Crippen LogP contribution in [0.2, 0.25) is 0 Å². The van der Waals surface area contributed by atoms with Crippen molar-refractivity contribution in [1.29, 1.82) is 0 Å². The van der Waals surface area contributed by atoms with Crippen LogP contribution in [0, 0.1) is 13.8 Å². The summed E-state index contributed by atoms with van der Waals surface area (Å²) >= 11 is 1.67. The quantitative estimate of drug-likeness (QED) is 0.793. The summed E-state index contributed by atoms with van der Waals surface area (Å²) in [5.41, 5.74) is 9.36. The molecular weight excluding hydrogens is 220 g/mol. The Morgan fingerprint density at radius 2 is 1.94 bits per heavy atom. The number of benzene rings is 1. The Kier molecular flexibility index (Phi) is 4.68. The SMILES string of the molecule is CSCCC(=O)Nc1c(C)cc(N)cc1C. The second-order valence-corrected chi connectivity index (χ2v) is 4.81. The van der Waals surface area contributed by atoms with Crippen LogP contribution in [-0.4, -0.2) is 17.9 Å². The van der Waals surface area contributed by atoms with Crippen LogP contribution in [0.4, 0.5) is 11.4 Å². The third-order valence-corrected chi connectivity index (χ3v) is 2.97. The van der Waals surface area contributed by atoms with Crippen LogP contribution in [0.3, 0.4) is 0 Å². The normalized spacial score (nSPS) is 10.2. The number of hydrogen-bond acceptors (Lipinski definition) is 3. The van der Waals surface area contributed by atoms with Crippen molar-refractivity contribution in [3.05, 3.63) is 23.3 Å². The molecule has 88 valence electrons. The number of amides is 1. The molecule has 4 heteroatoms. The van der Waals surface area contributed by atoms with Gasteiger partial charge in [-0.1, -0.05) is 0 Å². The molecule has 1 amide bonds. The number of nitrogens with two attached hydrogens (primary N) is 1. The molecule has 0 radical (unpaired) electrons. The van der Waals surface area contributed by atoms with Crippen molar-refractivity contribution in [1.82, 2.24) is 0 Å². The lowest BCUT2D eigenvalue weighted by Crippen LogP contribution is -2.14. The smallest absolute Gasteiger partial charge is 0.225 e. The highest BCUT2D eigenvalue weighted by Crippen LogP contribution is 2.23. The molecule has 0 unspecified atom stereocenters. The number of aryl methyl sites for hydroxylation is 2. The zero-order valence-electron chi connectivity index (χ0n) is 9.96. The van der Waals surface area contributed by atoms with E-state index < -0.39 is 0 Å². The minimum atomic E-state index is 0.0605. The van der Waals surface area contributed by atoms with Crippen molar-refractivity contribution in [2.45, 2.75) is 20.3 Å². The molecule has 0 aliphatic rings. The van der Waals surface area contributed by atoms with E-state index in [1.807, 2.05) is 32.2 Å². The molecule has 0 saturated carbocycles. The fourth-order valence-electron chi connectivity index (χ4n) is 1.59. The Balaban J connectivity index is 2.77. The van der Waals surface area contributed by atoms with Crippen LogP contribution in [-0.2, 0) is 4.79 Å². The van der Waals surface area contributed by atoms with Crippen LogP contribution < -0.4 is 11.1 Å². The van der Waals surface area contributed by atoms with Crippen LogP contribution in [0.15, 0.2) is 12.1 Å². The lowest BCUT2D eigenvalue weighted by Gasteiger charge is -2.12. The Labute approximate surface area is 101 Å². The van der Waals surface area contributed by atoms with Crippen molar-refractivity contribution in [2.75, 3.05) is 23.1 Å². The van der Waals surface area contributed by atoms with Crippen LogP contribution >= 0.6 is 11.8 Å². The van der Waals surface area contributed by atoms with Gasteiger partial charge in [-0.3, -0.25) is 4.79 Å². The van der Waals surface area contributed by atoms with Gasteiger partial charge in [-0.25, -0.2) is 0 Å². The summed E-state index contributed by atoms with van der Waals surface area (Å²) in [5.74, 6) is 0.907. The van der Waals surface area contributed by atoms with Gasteiger partial charge in [-0.15, -0.1) is 0 Å². The van der Waals surface area contributed by atoms with Crippen molar-refractivity contribution < 1.29 is 4.79 Å². The number of carbonyl (C=O) groups excluding carboxylic acids is 1. The Hall–Kier alpha value is -1.16. The Morgan fingerprint density at radius 3 is 2.44 bits per heavy atom. The number of nitrogens with one attached hydrogen (secondary N) is 1. The van der Waals surface area contributed by atoms with Gasteiger partial charge in [0.15, 0.2) is 0 Å². The lowest BCUT2D eigenvalue weighted by atomic mass is 10.1. The lowest BCUT2D eigenvalue weighted by molar-refractivity contribution is -0.115. The van der Waals surface area contributed by atoms with E-state index in [0.717, 1.165) is 28.3 Å². The number of carbonyl (C=O) groups is 1. The number of anilines is 2. The highest BCUT2D eigenvalue weighted by molar-refractivity contribution is 7.98. The van der Waals surface area contributed by atoms with Gasteiger partial charge in [0.25, 0.3) is 0 Å². The number of nitrogen functional groups attached to an aromatic ring is 1. The van der Waals surface area contributed by atoms with Gasteiger partial charge in [-0.2, -0.15) is 11.8 Å². The second-order valence-electron chi connectivity index (χ2n) is 3.82. The first kappa shape index (κ1) is 12.9. The molecule has 1 aromatic rings. The summed E-state index contributed by atoms with van der Waals surface area (Å²) in [6.07, 6.45) is 2.54. The summed E-state index contributed by atoms with van der Waals surface area (Å²) in [6, 6.07) is 3.74. The van der Waals surface area contributed by atoms with E-state index in [2.05, 4.69) is 5.32 Å². The van der Waals surface area contributed by atoms with Crippen LogP contribution in [0.5, 0.6) is 0 Å². The monoisotopic (exact) mass is 238 g/mol. The first-order valence-electron chi connectivity index (χ1n) is 5.20. The average molecular weight is 238 g/mol. The highest BCUT2D eigenvalue weighted by Gasteiger charge is 2.07. The average Bonchev–Trinajstić information content (AvgIpc) is 2.20. The predicted molar refractivity (Wildman–Crippen MR) is 72.0 cm³/mol. The van der Waals surface area contributed by atoms with E-state index in [1.165, 1.54) is 0 Å². The molecule has 0 aliphatic carbocycles. The number of hydrogen-bond donors (Lipinski definition) is 2. The van der Waals surface area contributed by atoms with Crippen molar-refractivity contribution in [3.63, 3.8) is 0 Å². The fourth-order valence-corrected chi connectivity index (χ4v) is 1.98. The summed E-state index contributed by atoms with van der Waals surface area (Å²) in [6.45, 7) is 3.90. The van der Waals surface area contributed by atoms with Crippen molar-refractivity contribution >= 4 is 29.0 Å². The summed E-state index contributed by atoms with van der Waals surface area (Å²) < 4.78 is 0. The van der Waals surface area contributed by atoms with Gasteiger partial charge < -0.3 is 11.1 Å². The second kappa shape index (κ2) is 5.80. The molecule has 3 N–H and O–H groups in total. The van der Waals surface area contributed by atoms with E-state index in [0.29, 0.717) is 6.42 Å². The van der Waals surface area contributed by atoms with E-state index >= 15 is 0 Å². The fraction of sp³-hybridized carbons (Fsp3) is 0.417. The molecule has 0 heterocycles. The molecule has 0 saturated heterocycles. The zero-order valence-corrected chi connectivity index (χ0v) is 10.8. The summed E-state index contributed by atoms with van der Waals surface area (Å²) in [7, 11) is 0. The predicted octanol–water partition coefficient (Wildman–Crippen LogP) is 2.58. The zero-order chi connectivity index (χ0) is 12.1. The first-order valence-corrected chi connectivity index (χ1v) is 6.59. The topological polar surface area (TPSA) is 55.1 Å². The maximum absolute atomic E-state index is 11.6. The maximum atomic E-state index is 11.6. The molecule has 0 aliphatic heterocycles. The van der Waals surface area contributed by atoms with Crippen LogP contribution in [0.1, 0.15) is 17.5 Å². The highest BCUT2D eigenvalue weighted by atomic mass is 32.2. The molecule has 0 bridgehead atoms. The first-order chi connectivity index (χ1) is 7.54. The van der Waals surface area contributed by atoms with Gasteiger partial charge in [0.2, 0.25) is 5.91 Å². The molecule has 0 aromatic heterocycles. The van der Waals surface area contributed by atoms with Gasteiger partial charge in [0.1, 0.15) is 0 Å². The molecule has 1 rings (SSSR count). The van der Waals surface area contributed by atoms with Gasteiger partial charge in [-0.05, 0) is 43.4 Å². The number of rotatable bonds is 4. The van der Waals surface area contributed by atoms with Crippen LogP contribution in [0.25, 0.3) is 0 Å². The van der Waals surface area contributed by atoms with E-state index in [4.69, 9.17) is 5.73 Å². The van der Waals surface area contributed by atoms with Gasteiger partial charge >= 0.3 is 0 Å². The Morgan fingerprint density at radius 1 is 1.38 bits per heavy atom. The standard InChI is InChI=1S/C12H18N2OS/c1-8-6-10(13)7-9(2)12(8)14-11(15)4-5-16-3/h6-7H,4-5,13H2,1-3H3,(H,14,15). The Bertz CT molecular complexity index is 368. The van der Waals surface area contributed by atoms with E-state index in [9.17, 15) is 4.79 Å². The number of thioether (sulfide) groups is 1. The maximum Gasteiger partial charge on any atom is 0.225 e. The van der Waals surface area contributed by atoms with Crippen molar-refractivity contribution in [3.8, 4) is 0 Å². The molecule has 1 aromatic carbocycles. The third kappa shape index (κ3) is 3.45. The molecule has 0 fully saturated rings. The van der Waals surface area contributed by atoms with Gasteiger partial charge in [0, 0.05) is 23.5 Å². The van der Waals surface area contributed by atoms with Gasteiger partial charge in [0.05, 0.1) is 0 Å². The molecule has 3 nitrogen and oxygen atoms in total. The molecule has 0 atom stereocenters. The minimum Gasteiger partial charge on any atom is -0.399 e. The molecule has 0 spiro atoms. The van der Waals surface area contributed by atoms with E-state index in [1.54, 1.807) is 11.8 Å². The molecule has 16 heavy (non-hydrogen) atoms. The minimum absolute atomic E-state index is 0.0605. The third-order valence-electron chi connectivity index (χ3n) is 2.35. The summed E-state index contributed by atoms with van der Waals surface area (Å²) in [4.78, 5) is 11.6. The largest absolute Gasteiger partial charge is 0.399 e. The molecular formula is C12H18N2OS. The van der Waals surface area contributed by atoms with Crippen molar-refractivity contribution in [2.24, 2.45) is 0 Å².